The van der Waals surface area contributed by atoms with Gasteiger partial charge in [0, 0.05) is 17.5 Å². The molecule has 0 aliphatic carbocycles. The van der Waals surface area contributed by atoms with E-state index in [9.17, 15) is 0 Å². The maximum absolute atomic E-state index is 6.71. The summed E-state index contributed by atoms with van der Waals surface area (Å²) in [5, 5.41) is 4.20. The molecule has 1 saturated heterocycles. The van der Waals surface area contributed by atoms with Gasteiger partial charge < -0.3 is 15.8 Å². The van der Waals surface area contributed by atoms with Gasteiger partial charge in [-0.1, -0.05) is 42.1 Å². The number of aromatic nitrogens is 2. The summed E-state index contributed by atoms with van der Waals surface area (Å²) in [6, 6.07) is 15.8. The van der Waals surface area contributed by atoms with Crippen molar-refractivity contribution in [1.29, 1.82) is 0 Å². The Kier molecular flexibility index (Phi) is 5.43. The smallest absolute Gasteiger partial charge is 0.167 e. The van der Waals surface area contributed by atoms with Gasteiger partial charge in [0.05, 0.1) is 16.1 Å². The molecule has 8 heteroatoms. The SMILES string of the molecule is NC1=C(c2ncnc3ccccc23)SC(N)(c2ccc(OCCN3CCCC3)cc2)N1. The summed E-state index contributed by atoms with van der Waals surface area (Å²) in [5.41, 5.74) is 15.6. The number of nitrogens with one attached hydrogen (secondary N) is 1. The third kappa shape index (κ3) is 4.06. The summed E-state index contributed by atoms with van der Waals surface area (Å²) in [6.45, 7) is 4.02. The number of fused-ring (bicyclic) bond motifs is 1. The molecule has 160 valence electrons. The Hall–Kier alpha value is -2.81. The number of rotatable bonds is 6. The lowest BCUT2D eigenvalue weighted by atomic mass is 10.1. The number of hydrogen-bond acceptors (Lipinski definition) is 8. The molecule has 3 heterocycles. The van der Waals surface area contributed by atoms with Gasteiger partial charge in [-0.3, -0.25) is 10.6 Å². The molecule has 0 amide bonds. The van der Waals surface area contributed by atoms with E-state index in [-0.39, 0.29) is 0 Å². The molecule has 3 aromatic rings. The molecule has 0 spiro atoms. The monoisotopic (exact) mass is 434 g/mol. The zero-order valence-electron chi connectivity index (χ0n) is 17.3. The van der Waals surface area contributed by atoms with Crippen LogP contribution in [-0.2, 0) is 4.99 Å². The van der Waals surface area contributed by atoms with Gasteiger partial charge in [0.1, 0.15) is 24.5 Å². The molecule has 2 aromatic carbocycles. The Morgan fingerprint density at radius 1 is 1.06 bits per heavy atom. The van der Waals surface area contributed by atoms with E-state index in [1.807, 2.05) is 48.5 Å². The largest absolute Gasteiger partial charge is 0.492 e. The van der Waals surface area contributed by atoms with Crippen LogP contribution in [0.4, 0.5) is 0 Å². The zero-order chi connectivity index (χ0) is 21.3. The average molecular weight is 435 g/mol. The van der Waals surface area contributed by atoms with Gasteiger partial charge in [0.25, 0.3) is 0 Å². The Bertz CT molecular complexity index is 1110. The van der Waals surface area contributed by atoms with Gasteiger partial charge >= 0.3 is 0 Å². The van der Waals surface area contributed by atoms with E-state index in [0.717, 1.165) is 39.4 Å². The van der Waals surface area contributed by atoms with Gasteiger partial charge in [-0.2, -0.15) is 0 Å². The third-order valence-corrected chi connectivity index (χ3v) is 7.02. The first-order valence-electron chi connectivity index (χ1n) is 10.5. The van der Waals surface area contributed by atoms with E-state index in [2.05, 4.69) is 20.2 Å². The fourth-order valence-electron chi connectivity index (χ4n) is 4.09. The lowest BCUT2D eigenvalue weighted by Gasteiger charge is -2.25. The number of nitrogens with zero attached hydrogens (tertiary/aromatic N) is 3. The number of ether oxygens (including phenoxy) is 1. The van der Waals surface area contributed by atoms with E-state index in [4.69, 9.17) is 16.2 Å². The molecule has 1 fully saturated rings. The molecule has 5 N–H and O–H groups in total. The first-order chi connectivity index (χ1) is 15.1. The van der Waals surface area contributed by atoms with Crippen molar-refractivity contribution in [3.8, 4) is 5.75 Å². The predicted molar refractivity (Wildman–Crippen MR) is 125 cm³/mol. The summed E-state index contributed by atoms with van der Waals surface area (Å²) in [6.07, 6.45) is 4.15. The van der Waals surface area contributed by atoms with Crippen LogP contribution in [0.2, 0.25) is 0 Å². The summed E-state index contributed by atoms with van der Waals surface area (Å²) in [5.74, 6) is 1.36. The Balaban J connectivity index is 1.30. The Morgan fingerprint density at radius 3 is 2.65 bits per heavy atom. The van der Waals surface area contributed by atoms with Gasteiger partial charge in [0.2, 0.25) is 0 Å². The number of hydrogen-bond donors (Lipinski definition) is 3. The maximum Gasteiger partial charge on any atom is 0.167 e. The average Bonchev–Trinajstić information content (AvgIpc) is 3.42. The van der Waals surface area contributed by atoms with Crippen LogP contribution in [0.15, 0.2) is 60.7 Å². The van der Waals surface area contributed by atoms with Crippen molar-refractivity contribution in [3.05, 3.63) is 71.9 Å². The molecule has 7 nitrogen and oxygen atoms in total. The van der Waals surface area contributed by atoms with Crippen LogP contribution < -0.4 is 21.5 Å². The third-order valence-electron chi connectivity index (χ3n) is 5.74. The lowest BCUT2D eigenvalue weighted by Crippen LogP contribution is -2.45. The lowest BCUT2D eigenvalue weighted by molar-refractivity contribution is 0.237. The van der Waals surface area contributed by atoms with Crippen LogP contribution in [-0.4, -0.2) is 41.1 Å². The van der Waals surface area contributed by atoms with Crippen LogP contribution in [0.5, 0.6) is 5.75 Å². The summed E-state index contributed by atoms with van der Waals surface area (Å²) < 4.78 is 5.92. The van der Waals surface area contributed by atoms with Crippen molar-refractivity contribution in [2.75, 3.05) is 26.2 Å². The second-order valence-electron chi connectivity index (χ2n) is 7.87. The molecule has 5 rings (SSSR count). The minimum Gasteiger partial charge on any atom is -0.492 e. The molecule has 31 heavy (non-hydrogen) atoms. The van der Waals surface area contributed by atoms with Crippen molar-refractivity contribution in [1.82, 2.24) is 20.2 Å². The van der Waals surface area contributed by atoms with Crippen molar-refractivity contribution in [3.63, 3.8) is 0 Å². The summed E-state index contributed by atoms with van der Waals surface area (Å²) in [7, 11) is 0. The predicted octanol–water partition coefficient (Wildman–Crippen LogP) is 2.79. The van der Waals surface area contributed by atoms with Crippen molar-refractivity contribution < 1.29 is 4.74 Å². The maximum atomic E-state index is 6.71. The molecule has 2 aliphatic rings. The summed E-state index contributed by atoms with van der Waals surface area (Å²) in [4.78, 5) is 11.2. The number of nitrogens with two attached hydrogens (primary N) is 2. The Labute approximate surface area is 185 Å². The van der Waals surface area contributed by atoms with Crippen LogP contribution >= 0.6 is 11.8 Å². The van der Waals surface area contributed by atoms with Crippen molar-refractivity contribution in [2.24, 2.45) is 11.5 Å². The van der Waals surface area contributed by atoms with Crippen LogP contribution in [0.3, 0.4) is 0 Å². The van der Waals surface area contributed by atoms with Gasteiger partial charge in [0.15, 0.2) is 4.99 Å². The van der Waals surface area contributed by atoms with E-state index >= 15 is 0 Å². The normalized spacial score (nSPS) is 21.6. The second-order valence-corrected chi connectivity index (χ2v) is 9.12. The van der Waals surface area contributed by atoms with Gasteiger partial charge in [-0.05, 0) is 44.1 Å². The number of likely N-dealkylation sites (tertiary alicyclic amines) is 1. The molecule has 0 bridgehead atoms. The summed E-state index contributed by atoms with van der Waals surface area (Å²) >= 11 is 1.47. The minimum atomic E-state index is -0.875. The quantitative estimate of drug-likeness (QED) is 0.544. The van der Waals surface area contributed by atoms with Crippen molar-refractivity contribution in [2.45, 2.75) is 17.8 Å². The standard InChI is InChI=1S/C23H26N6OS/c24-22-21(20-18-5-1-2-6-19(18)26-15-27-20)31-23(25,28-22)16-7-9-17(10-8-16)30-14-13-29-11-3-4-12-29/h1-2,5-10,15,28H,3-4,11-14,24-25H2. The van der Waals surface area contributed by atoms with Crippen LogP contribution in [0.25, 0.3) is 15.8 Å². The van der Waals surface area contributed by atoms with E-state index in [0.29, 0.717) is 12.4 Å². The topological polar surface area (TPSA) is 102 Å². The first-order valence-corrected chi connectivity index (χ1v) is 11.4. The molecule has 1 aromatic heterocycles. The fourth-order valence-corrected chi connectivity index (χ4v) is 5.25. The molecule has 0 saturated carbocycles. The number of thioether (sulfide) groups is 1. The molecule has 0 radical (unpaired) electrons. The first kappa shape index (κ1) is 20.1. The molecule has 2 aliphatic heterocycles. The molecular weight excluding hydrogens is 408 g/mol. The van der Waals surface area contributed by atoms with Crippen LogP contribution in [0.1, 0.15) is 24.1 Å². The number of benzene rings is 2. The highest BCUT2D eigenvalue weighted by Crippen LogP contribution is 2.46. The second kappa shape index (κ2) is 8.37. The minimum absolute atomic E-state index is 0.516. The van der Waals surface area contributed by atoms with Gasteiger partial charge in [-0.15, -0.1) is 0 Å². The van der Waals surface area contributed by atoms with E-state index in [1.165, 1.54) is 37.7 Å². The van der Waals surface area contributed by atoms with Crippen molar-refractivity contribution >= 4 is 27.6 Å². The molecule has 1 atom stereocenters. The highest BCUT2D eigenvalue weighted by Gasteiger charge is 2.38. The zero-order valence-corrected chi connectivity index (χ0v) is 18.1. The van der Waals surface area contributed by atoms with Gasteiger partial charge in [-0.25, -0.2) is 9.97 Å². The van der Waals surface area contributed by atoms with Crippen LogP contribution in [0, 0.1) is 0 Å². The fraction of sp³-hybridized carbons (Fsp3) is 0.304. The molecule has 1 unspecified atom stereocenters. The number of para-hydroxylation sites is 1. The highest BCUT2D eigenvalue weighted by molar-refractivity contribution is 8.09. The molecular formula is C23H26N6OS. The highest BCUT2D eigenvalue weighted by atomic mass is 32.2. The van der Waals surface area contributed by atoms with E-state index < -0.39 is 4.99 Å². The van der Waals surface area contributed by atoms with E-state index in [1.54, 1.807) is 6.33 Å². The Morgan fingerprint density at radius 2 is 1.84 bits per heavy atom.